The Morgan fingerprint density at radius 1 is 1.08 bits per heavy atom. The lowest BCUT2D eigenvalue weighted by Crippen LogP contribution is -2.23. The van der Waals surface area contributed by atoms with Crippen LogP contribution in [0.4, 0.5) is 0 Å². The summed E-state index contributed by atoms with van der Waals surface area (Å²) in [5.74, 6) is 1.70. The Morgan fingerprint density at radius 3 is 2.46 bits per heavy atom. The monoisotopic (exact) mass is 361 g/mol. The number of furan rings is 1. The molecule has 1 aromatic carbocycles. The highest BCUT2D eigenvalue weighted by molar-refractivity contribution is 7.89. The number of sulfonamides is 1. The second kappa shape index (κ2) is 6.93. The van der Waals surface area contributed by atoms with Gasteiger partial charge in [0.1, 0.15) is 11.5 Å². The van der Waals surface area contributed by atoms with E-state index in [2.05, 4.69) is 18.6 Å². The third-order valence-corrected chi connectivity index (χ3v) is 6.02. The van der Waals surface area contributed by atoms with Gasteiger partial charge in [-0.3, -0.25) is 0 Å². The van der Waals surface area contributed by atoms with Crippen molar-refractivity contribution in [1.29, 1.82) is 0 Å². The van der Waals surface area contributed by atoms with Gasteiger partial charge in [0.25, 0.3) is 0 Å². The molecule has 0 aliphatic heterocycles. The van der Waals surface area contributed by atoms with Gasteiger partial charge in [-0.15, -0.1) is 11.3 Å². The van der Waals surface area contributed by atoms with Crippen molar-refractivity contribution in [3.8, 4) is 10.6 Å². The third kappa shape index (κ3) is 3.77. The lowest BCUT2D eigenvalue weighted by atomic mass is 10.0. The van der Waals surface area contributed by atoms with Gasteiger partial charge in [0.15, 0.2) is 0 Å². The second-order valence-corrected chi connectivity index (χ2v) is 8.51. The molecule has 0 saturated heterocycles. The van der Waals surface area contributed by atoms with Gasteiger partial charge in [0, 0.05) is 0 Å². The third-order valence-electron chi connectivity index (χ3n) is 3.72. The van der Waals surface area contributed by atoms with Crippen molar-refractivity contribution >= 4 is 21.4 Å². The zero-order valence-electron chi connectivity index (χ0n) is 13.5. The van der Waals surface area contributed by atoms with Gasteiger partial charge >= 0.3 is 0 Å². The molecular weight excluding hydrogens is 342 g/mol. The lowest BCUT2D eigenvalue weighted by molar-refractivity contribution is 0.510. The van der Waals surface area contributed by atoms with Crippen molar-refractivity contribution in [3.63, 3.8) is 0 Å². The van der Waals surface area contributed by atoms with E-state index in [-0.39, 0.29) is 11.4 Å². The first-order valence-electron chi connectivity index (χ1n) is 7.68. The molecule has 0 atom stereocenters. The number of rotatable bonds is 6. The number of hydrogen-bond acceptors (Lipinski definition) is 4. The van der Waals surface area contributed by atoms with Crippen LogP contribution in [0.1, 0.15) is 31.1 Å². The van der Waals surface area contributed by atoms with E-state index < -0.39 is 10.0 Å². The molecule has 0 aliphatic carbocycles. The molecule has 4 nitrogen and oxygen atoms in total. The average molecular weight is 361 g/mol. The number of hydrogen-bond donors (Lipinski definition) is 1. The van der Waals surface area contributed by atoms with E-state index in [1.807, 2.05) is 35.7 Å². The first kappa shape index (κ1) is 17.0. The Bertz CT molecular complexity index is 892. The van der Waals surface area contributed by atoms with Crippen LogP contribution < -0.4 is 4.72 Å². The molecule has 2 heterocycles. The summed E-state index contributed by atoms with van der Waals surface area (Å²) in [6.07, 6.45) is 0. The molecule has 126 valence electrons. The fraction of sp³-hybridized carbons (Fsp3) is 0.222. The van der Waals surface area contributed by atoms with Crippen LogP contribution in [0.2, 0.25) is 0 Å². The molecule has 2 aromatic heterocycles. The van der Waals surface area contributed by atoms with E-state index in [1.165, 1.54) is 0 Å². The van der Waals surface area contributed by atoms with Gasteiger partial charge in [-0.2, -0.15) is 0 Å². The summed E-state index contributed by atoms with van der Waals surface area (Å²) in [5.41, 5.74) is 1.11. The minimum Gasteiger partial charge on any atom is -0.459 e. The van der Waals surface area contributed by atoms with Crippen LogP contribution in [0.25, 0.3) is 10.6 Å². The van der Waals surface area contributed by atoms with Gasteiger partial charge < -0.3 is 4.42 Å². The van der Waals surface area contributed by atoms with E-state index in [0.717, 1.165) is 16.2 Å². The maximum Gasteiger partial charge on any atom is 0.240 e. The predicted octanol–water partition coefficient (Wildman–Crippen LogP) is 4.61. The Hall–Kier alpha value is -1.89. The Morgan fingerprint density at radius 2 is 1.83 bits per heavy atom. The zero-order valence-corrected chi connectivity index (χ0v) is 15.2. The SMILES string of the molecule is CC(C)c1ccc(S(=O)(=O)NCc2ccc(-c3cccs3)o2)cc1. The van der Waals surface area contributed by atoms with Crippen molar-refractivity contribution in [1.82, 2.24) is 4.72 Å². The van der Waals surface area contributed by atoms with Gasteiger partial charge in [-0.1, -0.05) is 32.0 Å². The van der Waals surface area contributed by atoms with E-state index in [0.29, 0.717) is 11.7 Å². The molecule has 0 bridgehead atoms. The zero-order chi connectivity index (χ0) is 17.2. The summed E-state index contributed by atoms with van der Waals surface area (Å²) < 4.78 is 33.0. The van der Waals surface area contributed by atoms with Crippen molar-refractivity contribution < 1.29 is 12.8 Å². The minimum atomic E-state index is -3.55. The molecule has 0 fully saturated rings. The van der Waals surface area contributed by atoms with Gasteiger partial charge in [-0.25, -0.2) is 13.1 Å². The van der Waals surface area contributed by atoms with Crippen molar-refractivity contribution in [2.45, 2.75) is 31.2 Å². The van der Waals surface area contributed by atoms with Crippen LogP contribution in [0, 0.1) is 0 Å². The molecule has 3 aromatic rings. The Labute approximate surface area is 146 Å². The summed E-state index contributed by atoms with van der Waals surface area (Å²) in [7, 11) is -3.55. The van der Waals surface area contributed by atoms with E-state index >= 15 is 0 Å². The summed E-state index contributed by atoms with van der Waals surface area (Å²) in [4.78, 5) is 1.28. The van der Waals surface area contributed by atoms with Crippen LogP contribution in [-0.2, 0) is 16.6 Å². The molecule has 0 unspecified atom stereocenters. The molecule has 0 saturated carbocycles. The van der Waals surface area contributed by atoms with Crippen LogP contribution in [0.15, 0.2) is 63.2 Å². The van der Waals surface area contributed by atoms with Gasteiger partial charge in [-0.05, 0) is 47.2 Å². The molecule has 6 heteroatoms. The Balaban J connectivity index is 1.69. The largest absolute Gasteiger partial charge is 0.459 e. The molecule has 0 spiro atoms. The lowest BCUT2D eigenvalue weighted by Gasteiger charge is -2.08. The van der Waals surface area contributed by atoms with Gasteiger partial charge in [0.2, 0.25) is 10.0 Å². The van der Waals surface area contributed by atoms with Crippen LogP contribution in [-0.4, -0.2) is 8.42 Å². The summed E-state index contributed by atoms with van der Waals surface area (Å²) in [5, 5.41) is 1.97. The van der Waals surface area contributed by atoms with Crippen molar-refractivity contribution in [2.24, 2.45) is 0 Å². The highest BCUT2D eigenvalue weighted by Gasteiger charge is 2.15. The fourth-order valence-electron chi connectivity index (χ4n) is 2.31. The first-order chi connectivity index (χ1) is 11.5. The number of benzene rings is 1. The molecular formula is C18H19NO3S2. The highest BCUT2D eigenvalue weighted by atomic mass is 32.2. The quantitative estimate of drug-likeness (QED) is 0.697. The minimum absolute atomic E-state index is 0.125. The average Bonchev–Trinajstić information content (AvgIpc) is 3.24. The van der Waals surface area contributed by atoms with Crippen LogP contribution in [0.3, 0.4) is 0 Å². The van der Waals surface area contributed by atoms with E-state index in [9.17, 15) is 8.42 Å². The molecule has 24 heavy (non-hydrogen) atoms. The van der Waals surface area contributed by atoms with Crippen LogP contribution >= 0.6 is 11.3 Å². The predicted molar refractivity (Wildman–Crippen MR) is 96.6 cm³/mol. The summed E-state index contributed by atoms with van der Waals surface area (Å²) in [6.45, 7) is 4.27. The molecule has 0 amide bonds. The standard InChI is InChI=1S/C18H19NO3S2/c1-13(2)14-5-8-16(9-6-14)24(20,21)19-12-15-7-10-17(22-15)18-4-3-11-23-18/h3-11,13,19H,12H2,1-2H3. The number of thiophene rings is 1. The number of nitrogens with one attached hydrogen (secondary N) is 1. The molecule has 0 aliphatic rings. The van der Waals surface area contributed by atoms with E-state index in [1.54, 1.807) is 29.5 Å². The maximum atomic E-state index is 12.4. The smallest absolute Gasteiger partial charge is 0.240 e. The fourth-order valence-corrected chi connectivity index (χ4v) is 3.99. The normalized spacial score (nSPS) is 12.0. The maximum absolute atomic E-state index is 12.4. The molecule has 1 N–H and O–H groups in total. The van der Waals surface area contributed by atoms with E-state index in [4.69, 9.17) is 4.42 Å². The molecule has 3 rings (SSSR count). The summed E-state index contributed by atoms with van der Waals surface area (Å²) in [6, 6.07) is 14.5. The summed E-state index contributed by atoms with van der Waals surface area (Å²) >= 11 is 1.58. The Kier molecular flexibility index (Phi) is 4.89. The first-order valence-corrected chi connectivity index (χ1v) is 10.0. The highest BCUT2D eigenvalue weighted by Crippen LogP contribution is 2.26. The second-order valence-electron chi connectivity index (χ2n) is 5.79. The van der Waals surface area contributed by atoms with Gasteiger partial charge in [0.05, 0.1) is 16.3 Å². The topological polar surface area (TPSA) is 59.3 Å². The van der Waals surface area contributed by atoms with Crippen LogP contribution in [0.5, 0.6) is 0 Å². The molecule has 0 radical (unpaired) electrons. The van der Waals surface area contributed by atoms with Crippen molar-refractivity contribution in [2.75, 3.05) is 0 Å². The van der Waals surface area contributed by atoms with Crippen molar-refractivity contribution in [3.05, 3.63) is 65.2 Å².